The van der Waals surface area contributed by atoms with Crippen LogP contribution >= 0.6 is 0 Å². The highest BCUT2D eigenvalue weighted by Crippen LogP contribution is 2.40. The quantitative estimate of drug-likeness (QED) is 0.479. The highest BCUT2D eigenvalue weighted by atomic mass is 16.5. The van der Waals surface area contributed by atoms with Crippen LogP contribution in [0.15, 0.2) is 53.2 Å². The maximum Gasteiger partial charge on any atom is 0.244 e. The van der Waals surface area contributed by atoms with Crippen LogP contribution < -0.4 is 14.8 Å². The molecule has 5 heteroatoms. The Morgan fingerprint density at radius 1 is 1.16 bits per heavy atom. The third-order valence-electron chi connectivity index (χ3n) is 5.85. The highest BCUT2D eigenvalue weighted by molar-refractivity contribution is 6.01. The normalized spacial score (nSPS) is 14.7. The van der Waals surface area contributed by atoms with E-state index in [1.807, 2.05) is 50.2 Å². The Labute approximate surface area is 183 Å². The molecule has 1 aliphatic rings. The van der Waals surface area contributed by atoms with Crippen molar-refractivity contribution in [3.63, 3.8) is 0 Å². The molecule has 0 spiro atoms. The summed E-state index contributed by atoms with van der Waals surface area (Å²) in [6.45, 7) is 4.42. The Morgan fingerprint density at radius 2 is 1.94 bits per heavy atom. The first kappa shape index (κ1) is 21.0. The third kappa shape index (κ3) is 4.46. The molecule has 4 rings (SSSR count). The number of nitrogens with one attached hydrogen (secondary N) is 1. The van der Waals surface area contributed by atoms with Crippen LogP contribution in [0.1, 0.15) is 45.1 Å². The van der Waals surface area contributed by atoms with Crippen molar-refractivity contribution in [3.8, 4) is 22.6 Å². The van der Waals surface area contributed by atoms with Gasteiger partial charge in [-0.05, 0) is 44.4 Å². The highest BCUT2D eigenvalue weighted by Gasteiger charge is 2.19. The first-order chi connectivity index (χ1) is 15.1. The molecule has 0 unspecified atom stereocenters. The summed E-state index contributed by atoms with van der Waals surface area (Å²) >= 11 is 0. The van der Waals surface area contributed by atoms with Gasteiger partial charge in [0.25, 0.3) is 0 Å². The van der Waals surface area contributed by atoms with Crippen LogP contribution in [0.5, 0.6) is 11.5 Å². The van der Waals surface area contributed by atoms with E-state index in [4.69, 9.17) is 13.9 Å². The standard InChI is InChI=1S/C26H29NO4/c1-4-30-24-15-25-21(22(16-31-25)19-11-7-8-12-23(19)29-3)14-20(24)17(2)13-26(28)27-18-9-5-6-10-18/h7-8,11-16,18H,4-6,9-10H2,1-3H3,(H,27,28)/b17-13+. The topological polar surface area (TPSA) is 60.7 Å². The van der Waals surface area contributed by atoms with Gasteiger partial charge in [0, 0.05) is 40.3 Å². The molecule has 1 amide bonds. The molecule has 162 valence electrons. The number of amides is 1. The van der Waals surface area contributed by atoms with Crippen molar-refractivity contribution >= 4 is 22.4 Å². The summed E-state index contributed by atoms with van der Waals surface area (Å²) in [7, 11) is 1.66. The number of carbonyl (C=O) groups is 1. The lowest BCUT2D eigenvalue weighted by molar-refractivity contribution is -0.117. The van der Waals surface area contributed by atoms with Crippen molar-refractivity contribution in [3.05, 3.63) is 54.3 Å². The van der Waals surface area contributed by atoms with Crippen LogP contribution in [-0.2, 0) is 4.79 Å². The van der Waals surface area contributed by atoms with Crippen molar-refractivity contribution in [2.75, 3.05) is 13.7 Å². The lowest BCUT2D eigenvalue weighted by Gasteiger charge is -2.13. The van der Waals surface area contributed by atoms with Crippen molar-refractivity contribution in [2.24, 2.45) is 0 Å². The Balaban J connectivity index is 1.75. The van der Waals surface area contributed by atoms with Crippen LogP contribution in [0, 0.1) is 0 Å². The maximum absolute atomic E-state index is 12.6. The van der Waals surface area contributed by atoms with Crippen molar-refractivity contribution < 1.29 is 18.7 Å². The van der Waals surface area contributed by atoms with Crippen LogP contribution in [-0.4, -0.2) is 25.7 Å². The number of hydrogen-bond donors (Lipinski definition) is 1. The van der Waals surface area contributed by atoms with Crippen LogP contribution in [0.25, 0.3) is 27.7 Å². The van der Waals surface area contributed by atoms with Gasteiger partial charge in [-0.1, -0.05) is 31.0 Å². The van der Waals surface area contributed by atoms with Gasteiger partial charge in [-0.15, -0.1) is 0 Å². The monoisotopic (exact) mass is 419 g/mol. The molecule has 0 atom stereocenters. The van der Waals surface area contributed by atoms with E-state index in [1.165, 1.54) is 12.8 Å². The molecule has 1 fully saturated rings. The van der Waals surface area contributed by atoms with Crippen LogP contribution in [0.4, 0.5) is 0 Å². The number of fused-ring (bicyclic) bond motifs is 1. The number of hydrogen-bond acceptors (Lipinski definition) is 4. The predicted octanol–water partition coefficient (Wildman–Crippen LogP) is 5.97. The van der Waals surface area contributed by atoms with Gasteiger partial charge in [-0.2, -0.15) is 0 Å². The Bertz CT molecular complexity index is 1110. The van der Waals surface area contributed by atoms with E-state index < -0.39 is 0 Å². The number of methoxy groups -OCH3 is 1. The molecule has 0 radical (unpaired) electrons. The van der Waals surface area contributed by atoms with Gasteiger partial charge in [0.15, 0.2) is 0 Å². The number of carbonyl (C=O) groups excluding carboxylic acids is 1. The largest absolute Gasteiger partial charge is 0.496 e. The van der Waals surface area contributed by atoms with Gasteiger partial charge in [-0.3, -0.25) is 4.79 Å². The zero-order valence-corrected chi connectivity index (χ0v) is 18.4. The summed E-state index contributed by atoms with van der Waals surface area (Å²) in [5.74, 6) is 1.44. The Hall–Kier alpha value is -3.21. The molecule has 1 heterocycles. The van der Waals surface area contributed by atoms with Crippen molar-refractivity contribution in [1.29, 1.82) is 0 Å². The number of rotatable bonds is 7. The molecule has 0 saturated heterocycles. The maximum atomic E-state index is 12.6. The number of ether oxygens (including phenoxy) is 2. The summed E-state index contributed by atoms with van der Waals surface area (Å²) in [5, 5.41) is 4.08. The average Bonchev–Trinajstić information content (AvgIpc) is 3.42. The Morgan fingerprint density at radius 3 is 2.68 bits per heavy atom. The number of benzene rings is 2. The molecular weight excluding hydrogens is 390 g/mol. The molecule has 3 aromatic rings. The van der Waals surface area contributed by atoms with E-state index in [1.54, 1.807) is 19.4 Å². The van der Waals surface area contributed by atoms with Gasteiger partial charge < -0.3 is 19.2 Å². The third-order valence-corrected chi connectivity index (χ3v) is 5.85. The molecule has 1 aromatic heterocycles. The zero-order chi connectivity index (χ0) is 21.8. The first-order valence-electron chi connectivity index (χ1n) is 10.9. The summed E-state index contributed by atoms with van der Waals surface area (Å²) < 4.78 is 17.3. The van der Waals surface area contributed by atoms with E-state index in [2.05, 4.69) is 5.32 Å². The molecule has 31 heavy (non-hydrogen) atoms. The van der Waals surface area contributed by atoms with E-state index in [-0.39, 0.29) is 11.9 Å². The average molecular weight is 420 g/mol. The van der Waals surface area contributed by atoms with Crippen LogP contribution in [0.3, 0.4) is 0 Å². The fourth-order valence-corrected chi connectivity index (χ4v) is 4.30. The molecule has 5 nitrogen and oxygen atoms in total. The summed E-state index contributed by atoms with van der Waals surface area (Å²) in [5.41, 5.74) is 4.37. The van der Waals surface area contributed by atoms with Crippen LogP contribution in [0.2, 0.25) is 0 Å². The second kappa shape index (κ2) is 9.29. The lowest BCUT2D eigenvalue weighted by Crippen LogP contribution is -2.31. The van der Waals surface area contributed by atoms with E-state index in [0.717, 1.165) is 51.8 Å². The summed E-state index contributed by atoms with van der Waals surface area (Å²) in [4.78, 5) is 12.6. The predicted molar refractivity (Wildman–Crippen MR) is 123 cm³/mol. The fourth-order valence-electron chi connectivity index (χ4n) is 4.30. The summed E-state index contributed by atoms with van der Waals surface area (Å²) in [6.07, 6.45) is 7.91. The van der Waals surface area contributed by atoms with Gasteiger partial charge in [-0.25, -0.2) is 0 Å². The van der Waals surface area contributed by atoms with Crippen molar-refractivity contribution in [2.45, 2.75) is 45.6 Å². The molecule has 1 saturated carbocycles. The fraction of sp³-hybridized carbons (Fsp3) is 0.346. The number of allylic oxidation sites excluding steroid dienone is 1. The number of furan rings is 1. The van der Waals surface area contributed by atoms with Gasteiger partial charge in [0.05, 0.1) is 20.0 Å². The van der Waals surface area contributed by atoms with E-state index >= 15 is 0 Å². The van der Waals surface area contributed by atoms with E-state index in [0.29, 0.717) is 12.4 Å². The lowest BCUT2D eigenvalue weighted by atomic mass is 9.98. The van der Waals surface area contributed by atoms with Gasteiger partial charge in [0.1, 0.15) is 17.1 Å². The second-order valence-corrected chi connectivity index (χ2v) is 7.94. The zero-order valence-electron chi connectivity index (χ0n) is 18.4. The molecule has 1 aliphatic carbocycles. The Kier molecular flexibility index (Phi) is 6.31. The van der Waals surface area contributed by atoms with Gasteiger partial charge in [0.2, 0.25) is 5.91 Å². The second-order valence-electron chi connectivity index (χ2n) is 7.94. The minimum atomic E-state index is -0.0518. The number of para-hydroxylation sites is 1. The van der Waals surface area contributed by atoms with Gasteiger partial charge >= 0.3 is 0 Å². The molecule has 0 aliphatic heterocycles. The van der Waals surface area contributed by atoms with E-state index in [9.17, 15) is 4.79 Å². The summed E-state index contributed by atoms with van der Waals surface area (Å²) in [6, 6.07) is 12.1. The SMILES string of the molecule is CCOc1cc2occ(-c3ccccc3OC)c2cc1/C(C)=C/C(=O)NC1CCCC1. The van der Waals surface area contributed by atoms with Crippen molar-refractivity contribution in [1.82, 2.24) is 5.32 Å². The first-order valence-corrected chi connectivity index (χ1v) is 10.9. The molecule has 2 aromatic carbocycles. The molecule has 0 bridgehead atoms. The smallest absolute Gasteiger partial charge is 0.244 e. The minimum Gasteiger partial charge on any atom is -0.496 e. The minimum absolute atomic E-state index is 0.0518. The molecule has 1 N–H and O–H groups in total. The molecular formula is C26H29NO4.